The Hall–Kier alpha value is -0.810. The topological polar surface area (TPSA) is 64.6 Å². The maximum Gasteiger partial charge on any atom is 0.323 e. The van der Waals surface area contributed by atoms with Gasteiger partial charge >= 0.3 is 11.9 Å². The van der Waals surface area contributed by atoms with Crippen molar-refractivity contribution in [1.29, 1.82) is 0 Å². The number of nitrogens with one attached hydrogen (secondary N) is 1. The number of hydrogen-bond donors (Lipinski definition) is 1. The second-order valence-corrected chi connectivity index (χ2v) is 4.43. The summed E-state index contributed by atoms with van der Waals surface area (Å²) in [4.78, 5) is 22.6. The van der Waals surface area contributed by atoms with Crippen LogP contribution in [0.15, 0.2) is 0 Å². The van der Waals surface area contributed by atoms with E-state index in [1.807, 2.05) is 13.8 Å². The summed E-state index contributed by atoms with van der Waals surface area (Å²) in [5.74, 6) is -0.215. The molecule has 17 heavy (non-hydrogen) atoms. The van der Waals surface area contributed by atoms with Gasteiger partial charge in [0.2, 0.25) is 0 Å². The van der Waals surface area contributed by atoms with Crippen molar-refractivity contribution in [3.05, 3.63) is 0 Å². The van der Waals surface area contributed by atoms with E-state index in [-0.39, 0.29) is 36.5 Å². The summed E-state index contributed by atoms with van der Waals surface area (Å²) in [5, 5.41) is 2.96. The number of rotatable bonds is 4. The lowest BCUT2D eigenvalue weighted by molar-refractivity contribution is -0.150. The average Bonchev–Trinajstić information content (AvgIpc) is 2.63. The Labute approximate surface area is 108 Å². The van der Waals surface area contributed by atoms with Gasteiger partial charge in [-0.3, -0.25) is 9.59 Å². The molecule has 0 aromatic heterocycles. The molecule has 100 valence electrons. The van der Waals surface area contributed by atoms with Crippen LogP contribution in [0.3, 0.4) is 0 Å². The molecule has 0 spiro atoms. The molecule has 1 heterocycles. The lowest BCUT2D eigenvalue weighted by atomic mass is 10.1. The SMILES string of the molecule is COC(=O)[C@@H]1C[C@@H](OC(=O)CC(C)C)CN1.Cl. The van der Waals surface area contributed by atoms with E-state index < -0.39 is 0 Å². The standard InChI is InChI=1S/C11H19NO4.ClH/c1-7(2)4-10(13)16-8-5-9(12-6-8)11(14)15-3;/h7-9,12H,4-6H2,1-3H3;1H/t8-,9+;/m1./s1. The van der Waals surface area contributed by atoms with Gasteiger partial charge in [-0.1, -0.05) is 13.8 Å². The Morgan fingerprint density at radius 1 is 1.41 bits per heavy atom. The summed E-state index contributed by atoms with van der Waals surface area (Å²) in [5.41, 5.74) is 0. The maximum atomic E-state index is 11.4. The number of methoxy groups -OCH3 is 1. The Balaban J connectivity index is 0.00000256. The van der Waals surface area contributed by atoms with E-state index in [0.717, 1.165) is 0 Å². The van der Waals surface area contributed by atoms with E-state index in [1.54, 1.807) is 0 Å². The van der Waals surface area contributed by atoms with Gasteiger partial charge in [0.05, 0.1) is 7.11 Å². The van der Waals surface area contributed by atoms with Crippen molar-refractivity contribution in [3.8, 4) is 0 Å². The molecule has 0 radical (unpaired) electrons. The quantitative estimate of drug-likeness (QED) is 0.765. The molecular formula is C11H20ClNO4. The van der Waals surface area contributed by atoms with E-state index in [2.05, 4.69) is 10.1 Å². The number of hydrogen-bond acceptors (Lipinski definition) is 5. The van der Waals surface area contributed by atoms with Crippen molar-refractivity contribution in [2.75, 3.05) is 13.7 Å². The summed E-state index contributed by atoms with van der Waals surface area (Å²) in [7, 11) is 1.35. The molecule has 1 N–H and O–H groups in total. The summed E-state index contributed by atoms with van der Waals surface area (Å²) < 4.78 is 9.85. The van der Waals surface area contributed by atoms with Crippen LogP contribution >= 0.6 is 12.4 Å². The molecule has 0 bridgehead atoms. The molecule has 0 saturated carbocycles. The predicted octanol–water partition coefficient (Wildman–Crippen LogP) is 0.901. The molecule has 1 rings (SSSR count). The Kier molecular flexibility index (Phi) is 7.15. The van der Waals surface area contributed by atoms with E-state index in [0.29, 0.717) is 25.3 Å². The van der Waals surface area contributed by atoms with Crippen molar-refractivity contribution in [2.24, 2.45) is 5.92 Å². The third-order valence-corrected chi connectivity index (χ3v) is 2.45. The number of carbonyl (C=O) groups excluding carboxylic acids is 2. The molecule has 2 atom stereocenters. The molecule has 0 aliphatic carbocycles. The smallest absolute Gasteiger partial charge is 0.323 e. The van der Waals surface area contributed by atoms with Crippen LogP contribution in [0.4, 0.5) is 0 Å². The highest BCUT2D eigenvalue weighted by molar-refractivity contribution is 5.85. The highest BCUT2D eigenvalue weighted by Crippen LogP contribution is 2.13. The van der Waals surface area contributed by atoms with Crippen LogP contribution in [-0.2, 0) is 19.1 Å². The minimum Gasteiger partial charge on any atom is -0.468 e. The maximum absolute atomic E-state index is 11.4. The van der Waals surface area contributed by atoms with Crippen LogP contribution in [0.2, 0.25) is 0 Å². The second kappa shape index (κ2) is 7.50. The van der Waals surface area contributed by atoms with Crippen molar-refractivity contribution in [2.45, 2.75) is 38.8 Å². The summed E-state index contributed by atoms with van der Waals surface area (Å²) in [6.07, 6.45) is 0.700. The third-order valence-electron chi connectivity index (χ3n) is 2.45. The lowest BCUT2D eigenvalue weighted by Crippen LogP contribution is -2.31. The van der Waals surface area contributed by atoms with Gasteiger partial charge in [-0.25, -0.2) is 0 Å². The van der Waals surface area contributed by atoms with Gasteiger partial charge in [0.1, 0.15) is 12.1 Å². The van der Waals surface area contributed by atoms with Crippen LogP contribution < -0.4 is 5.32 Å². The third kappa shape index (κ3) is 5.37. The molecule has 1 aliphatic rings. The van der Waals surface area contributed by atoms with E-state index >= 15 is 0 Å². The van der Waals surface area contributed by atoms with Crippen LogP contribution in [0.25, 0.3) is 0 Å². The largest absolute Gasteiger partial charge is 0.468 e. The summed E-state index contributed by atoms with van der Waals surface area (Å²) >= 11 is 0. The van der Waals surface area contributed by atoms with Gasteiger partial charge in [0.25, 0.3) is 0 Å². The van der Waals surface area contributed by atoms with Crippen LogP contribution in [0, 0.1) is 5.92 Å². The fraction of sp³-hybridized carbons (Fsp3) is 0.818. The van der Waals surface area contributed by atoms with Gasteiger partial charge < -0.3 is 14.8 Å². The van der Waals surface area contributed by atoms with Crippen LogP contribution in [0.1, 0.15) is 26.7 Å². The van der Waals surface area contributed by atoms with Gasteiger partial charge in [-0.05, 0) is 5.92 Å². The fourth-order valence-electron chi connectivity index (χ4n) is 1.68. The van der Waals surface area contributed by atoms with Gasteiger partial charge in [-0.15, -0.1) is 12.4 Å². The monoisotopic (exact) mass is 265 g/mol. The van der Waals surface area contributed by atoms with E-state index in [1.165, 1.54) is 7.11 Å². The first-order valence-electron chi connectivity index (χ1n) is 5.53. The van der Waals surface area contributed by atoms with Crippen LogP contribution in [-0.4, -0.2) is 37.7 Å². The highest BCUT2D eigenvalue weighted by atomic mass is 35.5. The highest BCUT2D eigenvalue weighted by Gasteiger charge is 2.32. The molecule has 1 saturated heterocycles. The first-order valence-corrected chi connectivity index (χ1v) is 5.53. The minimum atomic E-state index is -0.346. The predicted molar refractivity (Wildman–Crippen MR) is 65.0 cm³/mol. The number of ether oxygens (including phenoxy) is 2. The molecule has 1 fully saturated rings. The second-order valence-electron chi connectivity index (χ2n) is 4.43. The zero-order valence-corrected chi connectivity index (χ0v) is 11.2. The lowest BCUT2D eigenvalue weighted by Gasteiger charge is -2.12. The summed E-state index contributed by atoms with van der Waals surface area (Å²) in [6, 6.07) is -0.346. The van der Waals surface area contributed by atoms with E-state index in [4.69, 9.17) is 4.74 Å². The number of halogens is 1. The minimum absolute atomic E-state index is 0. The molecular weight excluding hydrogens is 246 g/mol. The molecule has 0 unspecified atom stereocenters. The molecule has 5 nitrogen and oxygen atoms in total. The molecule has 0 amide bonds. The zero-order chi connectivity index (χ0) is 12.1. The zero-order valence-electron chi connectivity index (χ0n) is 10.4. The molecule has 6 heteroatoms. The number of carbonyl (C=O) groups is 2. The molecule has 1 aliphatic heterocycles. The Morgan fingerprint density at radius 3 is 2.59 bits per heavy atom. The first kappa shape index (κ1) is 16.2. The number of esters is 2. The van der Waals surface area contributed by atoms with Crippen LogP contribution in [0.5, 0.6) is 0 Å². The van der Waals surface area contributed by atoms with Gasteiger partial charge in [0.15, 0.2) is 0 Å². The normalized spacial score (nSPS) is 23.1. The van der Waals surface area contributed by atoms with Crippen molar-refractivity contribution >= 4 is 24.3 Å². The molecule has 0 aromatic carbocycles. The van der Waals surface area contributed by atoms with Crippen molar-refractivity contribution in [1.82, 2.24) is 5.32 Å². The average molecular weight is 266 g/mol. The summed E-state index contributed by atoms with van der Waals surface area (Å²) in [6.45, 7) is 4.44. The molecule has 0 aromatic rings. The van der Waals surface area contributed by atoms with E-state index in [9.17, 15) is 9.59 Å². The van der Waals surface area contributed by atoms with Gasteiger partial charge in [-0.2, -0.15) is 0 Å². The van der Waals surface area contributed by atoms with Crippen molar-refractivity contribution < 1.29 is 19.1 Å². The van der Waals surface area contributed by atoms with Gasteiger partial charge in [0, 0.05) is 19.4 Å². The Morgan fingerprint density at radius 2 is 2.06 bits per heavy atom. The first-order chi connectivity index (χ1) is 7.52. The van der Waals surface area contributed by atoms with Crippen molar-refractivity contribution in [3.63, 3.8) is 0 Å². The Bertz CT molecular complexity index is 270. The fourth-order valence-corrected chi connectivity index (χ4v) is 1.68.